The zero-order valence-electron chi connectivity index (χ0n) is 24.3. The van der Waals surface area contributed by atoms with Crippen LogP contribution in [0.2, 0.25) is 0 Å². The van der Waals surface area contributed by atoms with Gasteiger partial charge in [0.2, 0.25) is 11.8 Å². The number of amides is 3. The average Bonchev–Trinajstić information content (AvgIpc) is 3.52. The first-order chi connectivity index (χ1) is 20.0. The van der Waals surface area contributed by atoms with E-state index >= 15 is 0 Å². The Labute approximate surface area is 244 Å². The Balaban J connectivity index is 1.59. The Morgan fingerprint density at radius 2 is 1.98 bits per heavy atom. The lowest BCUT2D eigenvalue weighted by atomic mass is 9.82. The molecule has 42 heavy (non-hydrogen) atoms. The number of nitrogens with zero attached hydrogens (tertiary/aromatic N) is 3. The van der Waals surface area contributed by atoms with Crippen molar-refractivity contribution in [1.29, 1.82) is 0 Å². The molecule has 2 fully saturated rings. The van der Waals surface area contributed by atoms with Crippen LogP contribution in [0.5, 0.6) is 0 Å². The van der Waals surface area contributed by atoms with Gasteiger partial charge in [-0.15, -0.1) is 0 Å². The zero-order valence-corrected chi connectivity index (χ0v) is 24.3. The van der Waals surface area contributed by atoms with E-state index in [4.69, 9.17) is 4.74 Å². The summed E-state index contributed by atoms with van der Waals surface area (Å²) in [7, 11) is 1.31. The molecule has 2 N–H and O–H groups in total. The molecule has 0 bridgehead atoms. The molecule has 4 rings (SSSR count). The number of β-lactam (4-membered cyclic amide) rings is 1. The van der Waals surface area contributed by atoms with Gasteiger partial charge < -0.3 is 29.5 Å². The van der Waals surface area contributed by atoms with E-state index in [1.807, 2.05) is 0 Å². The molecule has 12 heteroatoms. The molecule has 0 aromatic heterocycles. The Kier molecular flexibility index (Phi) is 9.67. The predicted octanol–water partition coefficient (Wildman–Crippen LogP) is 1.76. The van der Waals surface area contributed by atoms with Gasteiger partial charge in [0.1, 0.15) is 0 Å². The van der Waals surface area contributed by atoms with E-state index in [1.54, 1.807) is 42.2 Å². The third kappa shape index (κ3) is 6.05. The van der Waals surface area contributed by atoms with Crippen molar-refractivity contribution in [2.45, 2.75) is 76.7 Å². The van der Waals surface area contributed by atoms with Crippen molar-refractivity contribution >= 4 is 41.0 Å². The van der Waals surface area contributed by atoms with Crippen LogP contribution in [0.15, 0.2) is 30.4 Å². The number of benzene rings is 1. The highest BCUT2D eigenvalue weighted by Crippen LogP contribution is 2.47. The van der Waals surface area contributed by atoms with E-state index < -0.39 is 29.6 Å². The fourth-order valence-electron chi connectivity index (χ4n) is 5.91. The van der Waals surface area contributed by atoms with Crippen molar-refractivity contribution in [2.24, 2.45) is 5.92 Å². The molecule has 0 spiro atoms. The van der Waals surface area contributed by atoms with Crippen LogP contribution in [0.25, 0.3) is 0 Å². The standard InChI is InChI=1S/C30H39N3O9/c1-19(8-6-10-25(36)31-15-7-9-22(31)18-34)30(40)23-16-21(33-26(37)17-27(33)42-20(2)35)12-13-24(23)32(29(30)39)14-5-4-11-28(38)41-3/h6,8,12-13,16,19,22,27,34,40H,4-5,7,9-11,14-15,17-18H2,1-3H3/b8-6+/t19-,22-,27?,30+/m0/s1. The molecule has 3 aliphatic heterocycles. The van der Waals surface area contributed by atoms with Crippen molar-refractivity contribution in [1.82, 2.24) is 4.90 Å². The number of fused-ring (bicyclic) bond motifs is 1. The number of aliphatic hydroxyl groups excluding tert-OH is 1. The second-order valence-electron chi connectivity index (χ2n) is 11.0. The SMILES string of the molecule is COC(=O)CCCCN1C(=O)[C@@](O)([C@@H](C)/C=C/CC(=O)N2CCC[C@H]2CO)c2cc(N3C(=O)CC3OC(C)=O)ccc21. The summed E-state index contributed by atoms with van der Waals surface area (Å²) < 4.78 is 9.92. The monoisotopic (exact) mass is 585 g/mol. The van der Waals surface area contributed by atoms with E-state index in [0.29, 0.717) is 36.3 Å². The number of ether oxygens (including phenoxy) is 2. The Morgan fingerprint density at radius 1 is 1.21 bits per heavy atom. The highest BCUT2D eigenvalue weighted by atomic mass is 16.6. The van der Waals surface area contributed by atoms with E-state index in [-0.39, 0.29) is 56.2 Å². The molecule has 2 saturated heterocycles. The van der Waals surface area contributed by atoms with E-state index in [9.17, 15) is 34.2 Å². The third-order valence-corrected chi connectivity index (χ3v) is 8.26. The molecule has 1 unspecified atom stereocenters. The molecule has 0 aliphatic carbocycles. The Bertz CT molecular complexity index is 1260. The molecular weight excluding hydrogens is 546 g/mol. The Hall–Kier alpha value is -3.77. The minimum atomic E-state index is -2.00. The topological polar surface area (TPSA) is 154 Å². The fraction of sp³-hybridized carbons (Fsp3) is 0.567. The zero-order chi connectivity index (χ0) is 30.6. The number of rotatable bonds is 12. The van der Waals surface area contributed by atoms with Gasteiger partial charge in [-0.2, -0.15) is 0 Å². The van der Waals surface area contributed by atoms with Gasteiger partial charge in [0.25, 0.3) is 5.91 Å². The van der Waals surface area contributed by atoms with Crippen LogP contribution in [0, 0.1) is 5.92 Å². The first-order valence-corrected chi connectivity index (χ1v) is 14.3. The number of methoxy groups -OCH3 is 1. The van der Waals surface area contributed by atoms with E-state index in [0.717, 1.165) is 12.8 Å². The van der Waals surface area contributed by atoms with Gasteiger partial charge in [-0.3, -0.25) is 28.9 Å². The second-order valence-corrected chi connectivity index (χ2v) is 11.0. The number of anilines is 2. The van der Waals surface area contributed by atoms with Crippen molar-refractivity contribution < 1.29 is 43.7 Å². The van der Waals surface area contributed by atoms with Gasteiger partial charge in [0, 0.05) is 50.0 Å². The highest BCUT2D eigenvalue weighted by Gasteiger charge is 2.53. The average molecular weight is 586 g/mol. The normalized spacial score (nSPS) is 24.2. The minimum Gasteiger partial charge on any atom is -0.469 e. The van der Waals surface area contributed by atoms with Gasteiger partial charge in [0.15, 0.2) is 11.8 Å². The summed E-state index contributed by atoms with van der Waals surface area (Å²) >= 11 is 0. The summed E-state index contributed by atoms with van der Waals surface area (Å²) in [6.07, 6.45) is 5.33. The van der Waals surface area contributed by atoms with Crippen molar-refractivity contribution in [3.8, 4) is 0 Å². The second kappa shape index (κ2) is 13.0. The number of hydrogen-bond acceptors (Lipinski definition) is 9. The fourth-order valence-corrected chi connectivity index (χ4v) is 5.91. The number of carbonyl (C=O) groups is 5. The van der Waals surface area contributed by atoms with Crippen LogP contribution < -0.4 is 9.80 Å². The molecule has 3 aliphatic rings. The van der Waals surface area contributed by atoms with Crippen LogP contribution in [-0.4, -0.2) is 83.8 Å². The maximum Gasteiger partial charge on any atom is 0.305 e. The summed E-state index contributed by atoms with van der Waals surface area (Å²) in [5.74, 6) is -2.59. The number of hydrogen-bond donors (Lipinski definition) is 2. The summed E-state index contributed by atoms with van der Waals surface area (Å²) in [6, 6.07) is 4.67. The van der Waals surface area contributed by atoms with Crippen LogP contribution >= 0.6 is 0 Å². The minimum absolute atomic E-state index is 0.0352. The number of aliphatic hydroxyl groups is 2. The Morgan fingerprint density at radius 3 is 2.64 bits per heavy atom. The predicted molar refractivity (Wildman–Crippen MR) is 151 cm³/mol. The first kappa shape index (κ1) is 31.2. The van der Waals surface area contributed by atoms with Gasteiger partial charge >= 0.3 is 11.9 Å². The van der Waals surface area contributed by atoms with Crippen LogP contribution in [0.1, 0.15) is 64.4 Å². The van der Waals surface area contributed by atoms with Crippen molar-refractivity contribution in [3.63, 3.8) is 0 Å². The van der Waals surface area contributed by atoms with Gasteiger partial charge in [-0.05, 0) is 43.9 Å². The molecule has 1 aromatic carbocycles. The number of likely N-dealkylation sites (tertiary alicyclic amines) is 1. The molecule has 3 heterocycles. The van der Waals surface area contributed by atoms with Crippen LogP contribution in [-0.2, 0) is 39.0 Å². The summed E-state index contributed by atoms with van der Waals surface area (Å²) in [6.45, 7) is 3.67. The smallest absolute Gasteiger partial charge is 0.305 e. The molecule has 0 radical (unpaired) electrons. The summed E-state index contributed by atoms with van der Waals surface area (Å²) in [5, 5.41) is 21.6. The quantitative estimate of drug-likeness (QED) is 0.162. The number of carbonyl (C=O) groups excluding carboxylic acids is 5. The summed E-state index contributed by atoms with van der Waals surface area (Å²) in [4.78, 5) is 66.5. The molecule has 3 amide bonds. The lowest BCUT2D eigenvalue weighted by Crippen LogP contribution is -2.55. The highest BCUT2D eigenvalue weighted by molar-refractivity contribution is 6.08. The van der Waals surface area contributed by atoms with Crippen molar-refractivity contribution in [3.05, 3.63) is 35.9 Å². The van der Waals surface area contributed by atoms with Gasteiger partial charge in [0.05, 0.1) is 31.9 Å². The lowest BCUT2D eigenvalue weighted by Gasteiger charge is -2.39. The first-order valence-electron chi connectivity index (χ1n) is 14.3. The molecule has 0 saturated carbocycles. The van der Waals surface area contributed by atoms with Crippen LogP contribution in [0.3, 0.4) is 0 Å². The summed E-state index contributed by atoms with van der Waals surface area (Å²) in [5.41, 5.74) is -0.854. The third-order valence-electron chi connectivity index (χ3n) is 8.26. The number of esters is 2. The van der Waals surface area contributed by atoms with Crippen LogP contribution in [0.4, 0.5) is 11.4 Å². The maximum absolute atomic E-state index is 13.8. The maximum atomic E-state index is 13.8. The van der Waals surface area contributed by atoms with Gasteiger partial charge in [-0.25, -0.2) is 0 Å². The molecule has 1 aromatic rings. The van der Waals surface area contributed by atoms with Crippen molar-refractivity contribution in [2.75, 3.05) is 36.6 Å². The largest absolute Gasteiger partial charge is 0.469 e. The number of unbranched alkanes of at least 4 members (excludes halogenated alkanes) is 1. The van der Waals surface area contributed by atoms with E-state index in [2.05, 4.69) is 4.74 Å². The molecule has 4 atom stereocenters. The molecular formula is C30H39N3O9. The van der Waals surface area contributed by atoms with Gasteiger partial charge in [-0.1, -0.05) is 19.1 Å². The lowest BCUT2D eigenvalue weighted by molar-refractivity contribution is -0.154. The van der Waals surface area contributed by atoms with E-state index in [1.165, 1.54) is 23.8 Å². The molecule has 228 valence electrons. The molecule has 12 nitrogen and oxygen atoms in total.